The summed E-state index contributed by atoms with van der Waals surface area (Å²) in [6.07, 6.45) is 3.88. The molecule has 0 saturated carbocycles. The highest BCUT2D eigenvalue weighted by Gasteiger charge is 2.28. The molecule has 1 amide bonds. The van der Waals surface area contributed by atoms with E-state index < -0.39 is 0 Å². The van der Waals surface area contributed by atoms with E-state index in [4.69, 9.17) is 9.72 Å². The van der Waals surface area contributed by atoms with Crippen LogP contribution in [0.15, 0.2) is 48.5 Å². The van der Waals surface area contributed by atoms with Gasteiger partial charge in [-0.1, -0.05) is 41.7 Å². The molecule has 3 aromatic rings. The van der Waals surface area contributed by atoms with E-state index in [1.807, 2.05) is 25.1 Å². The van der Waals surface area contributed by atoms with E-state index in [2.05, 4.69) is 47.5 Å². The number of aromatic nitrogens is 1. The van der Waals surface area contributed by atoms with Gasteiger partial charge in [0, 0.05) is 19.1 Å². The Morgan fingerprint density at radius 1 is 1.29 bits per heavy atom. The molecular formula is C25H31N3O2S. The summed E-state index contributed by atoms with van der Waals surface area (Å²) in [6.45, 7) is 6.43. The average Bonchev–Trinajstić information content (AvgIpc) is 3.22. The lowest BCUT2D eigenvalue weighted by Gasteiger charge is -2.32. The molecule has 5 nitrogen and oxygen atoms in total. The number of thiazole rings is 1. The minimum Gasteiger partial charge on any atom is -0.494 e. The Balaban J connectivity index is 1.34. The van der Waals surface area contributed by atoms with Crippen molar-refractivity contribution in [3.63, 3.8) is 0 Å². The molecule has 1 fully saturated rings. The summed E-state index contributed by atoms with van der Waals surface area (Å²) in [5.74, 6) is 1.06. The summed E-state index contributed by atoms with van der Waals surface area (Å²) in [6, 6.07) is 16.7. The minimum atomic E-state index is 0.0129. The van der Waals surface area contributed by atoms with Gasteiger partial charge in [-0.05, 0) is 63.3 Å². The van der Waals surface area contributed by atoms with Gasteiger partial charge < -0.3 is 15.0 Å². The van der Waals surface area contributed by atoms with Crippen LogP contribution in [0, 0.1) is 5.92 Å². The Kier molecular flexibility index (Phi) is 7.07. The van der Waals surface area contributed by atoms with Crippen molar-refractivity contribution >= 4 is 32.6 Å². The summed E-state index contributed by atoms with van der Waals surface area (Å²) in [5, 5.41) is 4.24. The number of amides is 1. The van der Waals surface area contributed by atoms with Crippen molar-refractivity contribution in [3.8, 4) is 5.75 Å². The van der Waals surface area contributed by atoms with E-state index in [9.17, 15) is 4.79 Å². The van der Waals surface area contributed by atoms with Crippen LogP contribution in [0.3, 0.4) is 0 Å². The summed E-state index contributed by atoms with van der Waals surface area (Å²) in [5.41, 5.74) is 2.31. The van der Waals surface area contributed by atoms with E-state index >= 15 is 0 Å². The van der Waals surface area contributed by atoms with Crippen molar-refractivity contribution < 1.29 is 9.53 Å². The fourth-order valence-corrected chi connectivity index (χ4v) is 5.14. The number of ether oxygens (including phenoxy) is 1. The van der Waals surface area contributed by atoms with Crippen molar-refractivity contribution in [3.05, 3.63) is 54.1 Å². The van der Waals surface area contributed by atoms with Crippen LogP contribution in [-0.2, 0) is 11.2 Å². The van der Waals surface area contributed by atoms with Gasteiger partial charge in [0.05, 0.1) is 22.7 Å². The zero-order valence-electron chi connectivity index (χ0n) is 18.3. The molecule has 1 aliphatic rings. The lowest BCUT2D eigenvalue weighted by atomic mass is 9.96. The smallest absolute Gasteiger partial charge is 0.225 e. The molecule has 2 aromatic carbocycles. The van der Waals surface area contributed by atoms with E-state index in [1.54, 1.807) is 11.3 Å². The van der Waals surface area contributed by atoms with E-state index in [1.165, 1.54) is 5.56 Å². The van der Waals surface area contributed by atoms with Crippen LogP contribution in [0.2, 0.25) is 0 Å². The molecule has 2 heterocycles. The van der Waals surface area contributed by atoms with Gasteiger partial charge in [-0.2, -0.15) is 0 Å². The Morgan fingerprint density at radius 2 is 2.13 bits per heavy atom. The van der Waals surface area contributed by atoms with Crippen LogP contribution < -0.4 is 15.0 Å². The summed E-state index contributed by atoms with van der Waals surface area (Å²) < 4.78 is 6.74. The van der Waals surface area contributed by atoms with E-state index in [0.717, 1.165) is 59.9 Å². The maximum Gasteiger partial charge on any atom is 0.225 e. The molecule has 0 unspecified atom stereocenters. The number of nitrogens with zero attached hydrogens (tertiary/aromatic N) is 2. The van der Waals surface area contributed by atoms with Gasteiger partial charge in [0.15, 0.2) is 5.13 Å². The average molecular weight is 438 g/mol. The number of carbonyl (C=O) groups excluding carboxylic acids is 1. The Morgan fingerprint density at radius 3 is 2.94 bits per heavy atom. The normalized spacial score (nSPS) is 17.5. The third-order valence-electron chi connectivity index (χ3n) is 5.82. The van der Waals surface area contributed by atoms with Crippen LogP contribution in [0.5, 0.6) is 5.75 Å². The highest BCUT2D eigenvalue weighted by atomic mass is 32.1. The molecular weight excluding hydrogens is 406 g/mol. The third-order valence-corrected chi connectivity index (χ3v) is 6.90. The summed E-state index contributed by atoms with van der Waals surface area (Å²) >= 11 is 1.68. The van der Waals surface area contributed by atoms with Crippen molar-refractivity contribution in [2.24, 2.45) is 5.92 Å². The standard InChI is InChI=1S/C25H31N3O2S/c1-3-30-21-13-14-22-23(16-21)31-25(27-22)28-15-7-10-20(17-28)24(29)26-18(2)11-12-19-8-5-4-6-9-19/h4-6,8-9,13-14,16,18,20H,3,7,10-12,15,17H2,1-2H3,(H,26,29)/t18-,20+/m1/s1. The lowest BCUT2D eigenvalue weighted by molar-refractivity contribution is -0.125. The molecule has 0 aliphatic carbocycles. The number of carbonyl (C=O) groups is 1. The Hall–Kier alpha value is -2.60. The number of benzene rings is 2. The van der Waals surface area contributed by atoms with Gasteiger partial charge in [-0.25, -0.2) is 4.98 Å². The Labute approximate surface area is 188 Å². The minimum absolute atomic E-state index is 0.0129. The number of piperidine rings is 1. The van der Waals surface area contributed by atoms with Crippen molar-refractivity contribution in [1.82, 2.24) is 10.3 Å². The summed E-state index contributed by atoms with van der Waals surface area (Å²) in [4.78, 5) is 20.0. The van der Waals surface area contributed by atoms with Gasteiger partial charge in [0.25, 0.3) is 0 Å². The first kappa shape index (κ1) is 21.6. The zero-order valence-corrected chi connectivity index (χ0v) is 19.2. The van der Waals surface area contributed by atoms with Crippen molar-refractivity contribution in [2.75, 3.05) is 24.6 Å². The van der Waals surface area contributed by atoms with Crippen molar-refractivity contribution in [2.45, 2.75) is 45.6 Å². The van der Waals surface area contributed by atoms with Crippen LogP contribution in [-0.4, -0.2) is 36.6 Å². The number of hydrogen-bond donors (Lipinski definition) is 1. The van der Waals surface area contributed by atoms with Crippen LogP contribution in [0.1, 0.15) is 38.7 Å². The second-order valence-electron chi connectivity index (χ2n) is 8.28. The third kappa shape index (κ3) is 5.56. The highest BCUT2D eigenvalue weighted by molar-refractivity contribution is 7.22. The lowest BCUT2D eigenvalue weighted by Crippen LogP contribution is -2.45. The predicted molar refractivity (Wildman–Crippen MR) is 128 cm³/mol. The number of rotatable bonds is 8. The molecule has 6 heteroatoms. The topological polar surface area (TPSA) is 54.5 Å². The molecule has 0 radical (unpaired) electrons. The van der Waals surface area contributed by atoms with Gasteiger partial charge in [0.2, 0.25) is 5.91 Å². The molecule has 1 saturated heterocycles. The number of fused-ring (bicyclic) bond motifs is 1. The number of hydrogen-bond acceptors (Lipinski definition) is 5. The van der Waals surface area contributed by atoms with Gasteiger partial charge >= 0.3 is 0 Å². The number of aryl methyl sites for hydroxylation is 1. The maximum absolute atomic E-state index is 12.9. The first-order chi connectivity index (χ1) is 15.1. The number of nitrogens with one attached hydrogen (secondary N) is 1. The Bertz CT molecular complexity index is 1000. The highest BCUT2D eigenvalue weighted by Crippen LogP contribution is 2.33. The summed E-state index contributed by atoms with van der Waals surface area (Å²) in [7, 11) is 0. The second kappa shape index (κ2) is 10.1. The first-order valence-corrected chi connectivity index (χ1v) is 12.1. The first-order valence-electron chi connectivity index (χ1n) is 11.2. The number of anilines is 1. The molecule has 1 aliphatic heterocycles. The quantitative estimate of drug-likeness (QED) is 0.536. The van der Waals surface area contributed by atoms with E-state index in [0.29, 0.717) is 6.61 Å². The van der Waals surface area contributed by atoms with Crippen molar-refractivity contribution in [1.29, 1.82) is 0 Å². The monoisotopic (exact) mass is 437 g/mol. The largest absolute Gasteiger partial charge is 0.494 e. The zero-order chi connectivity index (χ0) is 21.6. The van der Waals surface area contributed by atoms with Gasteiger partial charge in [-0.15, -0.1) is 0 Å². The van der Waals surface area contributed by atoms with Gasteiger partial charge in [-0.3, -0.25) is 4.79 Å². The molecule has 1 aromatic heterocycles. The fraction of sp³-hybridized carbons (Fsp3) is 0.440. The molecule has 4 rings (SSSR count). The fourth-order valence-electron chi connectivity index (χ4n) is 4.11. The second-order valence-corrected chi connectivity index (χ2v) is 9.29. The molecule has 2 atom stereocenters. The van der Waals surface area contributed by atoms with Crippen LogP contribution in [0.4, 0.5) is 5.13 Å². The maximum atomic E-state index is 12.9. The SMILES string of the molecule is CCOc1ccc2nc(N3CCC[C@H](C(=O)N[C@H](C)CCc4ccccc4)C3)sc2c1. The molecule has 1 N–H and O–H groups in total. The van der Waals surface area contributed by atoms with Gasteiger partial charge in [0.1, 0.15) is 5.75 Å². The van der Waals surface area contributed by atoms with Crippen LogP contribution >= 0.6 is 11.3 Å². The molecule has 31 heavy (non-hydrogen) atoms. The van der Waals surface area contributed by atoms with Crippen LogP contribution in [0.25, 0.3) is 10.2 Å². The van der Waals surface area contributed by atoms with E-state index in [-0.39, 0.29) is 17.9 Å². The predicted octanol–water partition coefficient (Wildman–Crippen LogP) is 5.05. The molecule has 164 valence electrons. The molecule has 0 spiro atoms. The molecule has 0 bridgehead atoms.